The third-order valence-electron chi connectivity index (χ3n) is 4.50. The van der Waals surface area contributed by atoms with E-state index in [2.05, 4.69) is 20.4 Å². The molecule has 5 nitrogen and oxygen atoms in total. The zero-order chi connectivity index (χ0) is 19.4. The zero-order valence-electron chi connectivity index (χ0n) is 15.6. The molecule has 1 aromatic heterocycles. The van der Waals surface area contributed by atoms with Gasteiger partial charge in [-0.05, 0) is 58.0 Å². The van der Waals surface area contributed by atoms with Crippen LogP contribution >= 0.6 is 12.4 Å². The van der Waals surface area contributed by atoms with Gasteiger partial charge in [0.1, 0.15) is 5.82 Å². The van der Waals surface area contributed by atoms with E-state index in [1.807, 2.05) is 6.92 Å². The van der Waals surface area contributed by atoms with Gasteiger partial charge in [0.05, 0.1) is 17.0 Å². The first-order valence-corrected chi connectivity index (χ1v) is 8.78. The van der Waals surface area contributed by atoms with Crippen LogP contribution in [0.1, 0.15) is 48.3 Å². The first-order chi connectivity index (χ1) is 12.8. The molecule has 0 bridgehead atoms. The lowest BCUT2D eigenvalue weighted by atomic mass is 9.90. The molecule has 152 valence electrons. The molecule has 1 fully saturated rings. The summed E-state index contributed by atoms with van der Waals surface area (Å²) >= 11 is 0. The molecule has 1 aliphatic rings. The largest absolute Gasteiger partial charge is 0.416 e. The smallest absolute Gasteiger partial charge is 0.357 e. The molecule has 1 aliphatic heterocycles. The Kier molecular flexibility index (Phi) is 7.37. The predicted octanol–water partition coefficient (Wildman–Crippen LogP) is 4.50. The molecule has 1 saturated heterocycles. The number of nitrogens with zero attached hydrogens (tertiary/aromatic N) is 3. The Morgan fingerprint density at radius 2 is 1.96 bits per heavy atom. The van der Waals surface area contributed by atoms with Crippen molar-refractivity contribution in [2.24, 2.45) is 5.16 Å². The summed E-state index contributed by atoms with van der Waals surface area (Å²) in [6.07, 6.45) is -0.796. The van der Waals surface area contributed by atoms with Crippen LogP contribution in [0, 0.1) is 6.92 Å². The average Bonchev–Trinajstić information content (AvgIpc) is 2.66. The van der Waals surface area contributed by atoms with Gasteiger partial charge in [-0.1, -0.05) is 11.2 Å². The maximum Gasteiger partial charge on any atom is 0.416 e. The molecule has 2 aromatic rings. The quantitative estimate of drug-likeness (QED) is 0.591. The van der Waals surface area contributed by atoms with Crippen molar-refractivity contribution in [1.82, 2.24) is 15.3 Å². The monoisotopic (exact) mass is 414 g/mol. The van der Waals surface area contributed by atoms with Crippen molar-refractivity contribution in [3.05, 3.63) is 53.1 Å². The van der Waals surface area contributed by atoms with Crippen LogP contribution in [0.4, 0.5) is 13.2 Å². The van der Waals surface area contributed by atoms with Crippen LogP contribution < -0.4 is 10.2 Å². The zero-order valence-corrected chi connectivity index (χ0v) is 16.4. The second-order valence-corrected chi connectivity index (χ2v) is 6.53. The second kappa shape index (κ2) is 9.34. The highest BCUT2D eigenvalue weighted by molar-refractivity contribution is 5.99. The molecule has 0 atom stereocenters. The van der Waals surface area contributed by atoms with Gasteiger partial charge in [-0.2, -0.15) is 13.2 Å². The Morgan fingerprint density at radius 1 is 1.25 bits per heavy atom. The Morgan fingerprint density at radius 3 is 2.64 bits per heavy atom. The number of aromatic nitrogens is 2. The van der Waals surface area contributed by atoms with Gasteiger partial charge in [-0.15, -0.1) is 12.4 Å². The minimum atomic E-state index is -4.43. The number of halogens is 4. The standard InChI is InChI=1S/C19H21F3N4O.ClH/c1-12(26-27-16-5-3-4-15(10-16)19(20,21)22)17-11-24-13(2)25-18(17)14-6-8-23-9-7-14;/h3-5,10-11,14,23H,6-9H2,1-2H3;1H. The first-order valence-electron chi connectivity index (χ1n) is 8.78. The SMILES string of the molecule is CC(=NOc1cccc(C(F)(F)F)c1)c1cnc(C)nc1C1CCNCC1.Cl. The normalized spacial score (nSPS) is 15.8. The van der Waals surface area contributed by atoms with Crippen molar-refractivity contribution in [2.45, 2.75) is 38.8 Å². The van der Waals surface area contributed by atoms with E-state index in [1.54, 1.807) is 13.1 Å². The number of piperidine rings is 1. The molecule has 1 aromatic carbocycles. The summed E-state index contributed by atoms with van der Waals surface area (Å²) in [6.45, 7) is 5.42. The average molecular weight is 415 g/mol. The fourth-order valence-corrected chi connectivity index (χ4v) is 3.07. The van der Waals surface area contributed by atoms with E-state index in [9.17, 15) is 13.2 Å². The molecule has 3 rings (SSSR count). The highest BCUT2D eigenvalue weighted by Crippen LogP contribution is 2.31. The number of hydrogen-bond acceptors (Lipinski definition) is 5. The van der Waals surface area contributed by atoms with Crippen molar-refractivity contribution in [3.8, 4) is 5.75 Å². The molecule has 0 aliphatic carbocycles. The van der Waals surface area contributed by atoms with Gasteiger partial charge in [-0.3, -0.25) is 0 Å². The lowest BCUT2D eigenvalue weighted by Gasteiger charge is -2.24. The van der Waals surface area contributed by atoms with E-state index >= 15 is 0 Å². The molecule has 0 saturated carbocycles. The maximum absolute atomic E-state index is 12.8. The highest BCUT2D eigenvalue weighted by Gasteiger charge is 2.30. The second-order valence-electron chi connectivity index (χ2n) is 6.53. The summed E-state index contributed by atoms with van der Waals surface area (Å²) in [7, 11) is 0. The van der Waals surface area contributed by atoms with Crippen LogP contribution in [0.5, 0.6) is 5.75 Å². The Balaban J connectivity index is 0.00000280. The van der Waals surface area contributed by atoms with E-state index in [4.69, 9.17) is 4.84 Å². The van der Waals surface area contributed by atoms with Crippen molar-refractivity contribution >= 4 is 18.1 Å². The molecule has 0 amide bonds. The Hall–Kier alpha value is -2.19. The number of hydrogen-bond donors (Lipinski definition) is 1. The lowest BCUT2D eigenvalue weighted by molar-refractivity contribution is -0.137. The number of benzene rings is 1. The Bertz CT molecular complexity index is 836. The number of nitrogens with one attached hydrogen (secondary N) is 1. The predicted molar refractivity (Wildman–Crippen MR) is 103 cm³/mol. The van der Waals surface area contributed by atoms with Crippen molar-refractivity contribution in [3.63, 3.8) is 0 Å². The minimum absolute atomic E-state index is 0. The van der Waals surface area contributed by atoms with Gasteiger partial charge in [0, 0.05) is 17.7 Å². The molecule has 0 radical (unpaired) electrons. The summed E-state index contributed by atoms with van der Waals surface area (Å²) in [4.78, 5) is 14.1. The van der Waals surface area contributed by atoms with E-state index < -0.39 is 11.7 Å². The van der Waals surface area contributed by atoms with E-state index in [-0.39, 0.29) is 18.2 Å². The number of rotatable bonds is 4. The van der Waals surface area contributed by atoms with Crippen molar-refractivity contribution in [2.75, 3.05) is 13.1 Å². The number of oxime groups is 1. The van der Waals surface area contributed by atoms with Gasteiger partial charge in [-0.25, -0.2) is 9.97 Å². The minimum Gasteiger partial charge on any atom is -0.357 e. The van der Waals surface area contributed by atoms with E-state index in [0.717, 1.165) is 49.3 Å². The van der Waals surface area contributed by atoms with Crippen molar-refractivity contribution in [1.29, 1.82) is 0 Å². The molecule has 9 heteroatoms. The Labute approximate surface area is 167 Å². The molecular weight excluding hydrogens is 393 g/mol. The van der Waals surface area contributed by atoms with Gasteiger partial charge < -0.3 is 10.2 Å². The summed E-state index contributed by atoms with van der Waals surface area (Å²) in [5.41, 5.74) is 1.43. The lowest BCUT2D eigenvalue weighted by Crippen LogP contribution is -2.28. The van der Waals surface area contributed by atoms with Gasteiger partial charge in [0.25, 0.3) is 0 Å². The van der Waals surface area contributed by atoms with Gasteiger partial charge in [0.2, 0.25) is 0 Å². The van der Waals surface area contributed by atoms with Gasteiger partial charge in [0.15, 0.2) is 5.75 Å². The van der Waals surface area contributed by atoms with Crippen LogP contribution in [0.25, 0.3) is 0 Å². The fraction of sp³-hybridized carbons (Fsp3) is 0.421. The van der Waals surface area contributed by atoms with Crippen molar-refractivity contribution < 1.29 is 18.0 Å². The summed E-state index contributed by atoms with van der Waals surface area (Å²) in [6, 6.07) is 4.65. The fourth-order valence-electron chi connectivity index (χ4n) is 3.07. The third kappa shape index (κ3) is 5.42. The van der Waals surface area contributed by atoms with Crippen LogP contribution in [0.15, 0.2) is 35.6 Å². The molecule has 0 spiro atoms. The number of alkyl halides is 3. The summed E-state index contributed by atoms with van der Waals surface area (Å²) in [5, 5.41) is 7.35. The van der Waals surface area contributed by atoms with E-state index in [0.29, 0.717) is 17.5 Å². The summed E-state index contributed by atoms with van der Waals surface area (Å²) < 4.78 is 38.4. The van der Waals surface area contributed by atoms with Crippen LogP contribution in [0.3, 0.4) is 0 Å². The molecule has 2 heterocycles. The topological polar surface area (TPSA) is 59.4 Å². The van der Waals surface area contributed by atoms with Crippen LogP contribution in [0.2, 0.25) is 0 Å². The molecular formula is C19H22ClF3N4O. The third-order valence-corrected chi connectivity index (χ3v) is 4.50. The maximum atomic E-state index is 12.8. The number of aryl methyl sites for hydroxylation is 1. The highest BCUT2D eigenvalue weighted by atomic mass is 35.5. The molecule has 0 unspecified atom stereocenters. The first kappa shape index (κ1) is 22.1. The van der Waals surface area contributed by atoms with Gasteiger partial charge >= 0.3 is 6.18 Å². The molecule has 28 heavy (non-hydrogen) atoms. The van der Waals surface area contributed by atoms with E-state index in [1.165, 1.54) is 12.1 Å². The molecule has 1 N–H and O–H groups in total. The summed E-state index contributed by atoms with van der Waals surface area (Å²) in [5.74, 6) is 1.00. The van der Waals surface area contributed by atoms with Crippen LogP contribution in [-0.2, 0) is 6.18 Å². The van der Waals surface area contributed by atoms with Crippen LogP contribution in [-0.4, -0.2) is 28.8 Å².